The molecule has 1 saturated carbocycles. The number of rotatable bonds is 7. The summed E-state index contributed by atoms with van der Waals surface area (Å²) in [4.78, 5) is 4.43. The smallest absolute Gasteiger partial charge is 0.0949 e. The topological polar surface area (TPSA) is 29.9 Å². The maximum Gasteiger partial charge on any atom is 0.0949 e. The third-order valence-corrected chi connectivity index (χ3v) is 3.69. The summed E-state index contributed by atoms with van der Waals surface area (Å²) in [5.74, 6) is 0.971. The van der Waals surface area contributed by atoms with E-state index in [2.05, 4.69) is 28.0 Å². The molecule has 3 nitrogen and oxygen atoms in total. The predicted octanol–water partition coefficient (Wildman–Crippen LogP) is 2.96. The van der Waals surface area contributed by atoms with E-state index in [4.69, 9.17) is 0 Å². The highest BCUT2D eigenvalue weighted by atomic mass is 15.0. The zero-order valence-corrected chi connectivity index (χ0v) is 11.0. The van der Waals surface area contributed by atoms with Crippen LogP contribution in [0.1, 0.15) is 51.1 Å². The van der Waals surface area contributed by atoms with Crippen LogP contribution >= 0.6 is 0 Å². The van der Waals surface area contributed by atoms with Gasteiger partial charge in [0.05, 0.1) is 12.0 Å². The highest BCUT2D eigenvalue weighted by Gasteiger charge is 2.14. The Morgan fingerprint density at radius 1 is 1.41 bits per heavy atom. The third-order valence-electron chi connectivity index (χ3n) is 3.69. The fraction of sp³-hybridized carbons (Fsp3) is 0.786. The summed E-state index contributed by atoms with van der Waals surface area (Å²) >= 11 is 0. The van der Waals surface area contributed by atoms with Gasteiger partial charge in [-0.2, -0.15) is 0 Å². The Morgan fingerprint density at radius 2 is 2.24 bits per heavy atom. The van der Waals surface area contributed by atoms with Crippen molar-refractivity contribution in [3.8, 4) is 0 Å². The SMILES string of the molecule is CCCNCc1cn(CCC2CCCC2)cn1. The lowest BCUT2D eigenvalue weighted by Gasteiger charge is -2.08. The van der Waals surface area contributed by atoms with Gasteiger partial charge in [-0.25, -0.2) is 4.98 Å². The zero-order valence-electron chi connectivity index (χ0n) is 11.0. The molecule has 1 aromatic heterocycles. The number of aryl methyl sites for hydroxylation is 1. The van der Waals surface area contributed by atoms with Crippen LogP contribution in [-0.4, -0.2) is 16.1 Å². The van der Waals surface area contributed by atoms with E-state index in [1.165, 1.54) is 44.2 Å². The zero-order chi connectivity index (χ0) is 11.9. The largest absolute Gasteiger partial charge is 0.337 e. The van der Waals surface area contributed by atoms with Crippen LogP contribution in [0, 0.1) is 5.92 Å². The van der Waals surface area contributed by atoms with E-state index in [-0.39, 0.29) is 0 Å². The first-order chi connectivity index (χ1) is 8.38. The Kier molecular flexibility index (Phi) is 5.05. The molecule has 0 bridgehead atoms. The molecule has 2 rings (SSSR count). The van der Waals surface area contributed by atoms with Gasteiger partial charge in [0, 0.05) is 19.3 Å². The van der Waals surface area contributed by atoms with Crippen molar-refractivity contribution in [1.82, 2.24) is 14.9 Å². The fourth-order valence-electron chi connectivity index (χ4n) is 2.64. The van der Waals surface area contributed by atoms with Gasteiger partial charge in [-0.15, -0.1) is 0 Å². The number of aromatic nitrogens is 2. The van der Waals surface area contributed by atoms with Crippen molar-refractivity contribution < 1.29 is 0 Å². The van der Waals surface area contributed by atoms with Gasteiger partial charge in [-0.3, -0.25) is 0 Å². The molecule has 3 heteroatoms. The van der Waals surface area contributed by atoms with Gasteiger partial charge >= 0.3 is 0 Å². The molecule has 1 aromatic rings. The van der Waals surface area contributed by atoms with Crippen molar-refractivity contribution in [2.75, 3.05) is 6.54 Å². The Bertz CT molecular complexity index is 313. The summed E-state index contributed by atoms with van der Waals surface area (Å²) < 4.78 is 2.25. The first-order valence-electron chi connectivity index (χ1n) is 7.10. The van der Waals surface area contributed by atoms with E-state index in [0.717, 1.165) is 25.6 Å². The van der Waals surface area contributed by atoms with Crippen LogP contribution in [0.4, 0.5) is 0 Å². The minimum Gasteiger partial charge on any atom is -0.337 e. The Morgan fingerprint density at radius 3 is 3.00 bits per heavy atom. The second-order valence-corrected chi connectivity index (χ2v) is 5.22. The Labute approximate surface area is 105 Å². The van der Waals surface area contributed by atoms with Crippen LogP contribution in [0.5, 0.6) is 0 Å². The molecular weight excluding hydrogens is 210 g/mol. The summed E-state index contributed by atoms with van der Waals surface area (Å²) in [7, 11) is 0. The lowest BCUT2D eigenvalue weighted by atomic mass is 10.0. The average molecular weight is 235 g/mol. The molecule has 0 radical (unpaired) electrons. The lowest BCUT2D eigenvalue weighted by molar-refractivity contribution is 0.458. The number of hydrogen-bond donors (Lipinski definition) is 1. The van der Waals surface area contributed by atoms with Crippen molar-refractivity contribution in [2.24, 2.45) is 5.92 Å². The van der Waals surface area contributed by atoms with E-state index in [0.29, 0.717) is 0 Å². The van der Waals surface area contributed by atoms with Crippen LogP contribution in [0.3, 0.4) is 0 Å². The molecule has 17 heavy (non-hydrogen) atoms. The van der Waals surface area contributed by atoms with Crippen molar-refractivity contribution in [3.05, 3.63) is 18.2 Å². The average Bonchev–Trinajstić information content (AvgIpc) is 2.98. The van der Waals surface area contributed by atoms with E-state index < -0.39 is 0 Å². The Hall–Kier alpha value is -0.830. The molecule has 0 atom stereocenters. The van der Waals surface area contributed by atoms with Crippen LogP contribution < -0.4 is 5.32 Å². The molecule has 1 aliphatic rings. The van der Waals surface area contributed by atoms with E-state index >= 15 is 0 Å². The highest BCUT2D eigenvalue weighted by molar-refractivity contribution is 4.96. The molecule has 0 aliphatic heterocycles. The quantitative estimate of drug-likeness (QED) is 0.736. The standard InChI is InChI=1S/C14H25N3/c1-2-8-15-10-14-11-17(12-16-14)9-7-13-5-3-4-6-13/h11-13,15H,2-10H2,1H3. The molecule has 0 saturated heterocycles. The molecule has 0 amide bonds. The number of imidazole rings is 1. The van der Waals surface area contributed by atoms with Gasteiger partial charge in [-0.1, -0.05) is 32.6 Å². The van der Waals surface area contributed by atoms with E-state index in [1.807, 2.05) is 6.33 Å². The van der Waals surface area contributed by atoms with Gasteiger partial charge in [-0.05, 0) is 25.3 Å². The maximum absolute atomic E-state index is 4.43. The first kappa shape index (κ1) is 12.6. The molecule has 1 fully saturated rings. The molecule has 0 unspecified atom stereocenters. The van der Waals surface area contributed by atoms with E-state index in [9.17, 15) is 0 Å². The lowest BCUT2D eigenvalue weighted by Crippen LogP contribution is -2.13. The monoisotopic (exact) mass is 235 g/mol. The second-order valence-electron chi connectivity index (χ2n) is 5.22. The van der Waals surface area contributed by atoms with Gasteiger partial charge in [0.25, 0.3) is 0 Å². The minimum absolute atomic E-state index is 0.907. The summed E-state index contributed by atoms with van der Waals surface area (Å²) in [6.07, 6.45) is 12.5. The molecule has 96 valence electrons. The second kappa shape index (κ2) is 6.80. The Balaban J connectivity index is 1.69. The summed E-state index contributed by atoms with van der Waals surface area (Å²) in [5.41, 5.74) is 1.17. The highest BCUT2D eigenvalue weighted by Crippen LogP contribution is 2.27. The van der Waals surface area contributed by atoms with Crippen LogP contribution in [-0.2, 0) is 13.1 Å². The van der Waals surface area contributed by atoms with Crippen LogP contribution in [0.2, 0.25) is 0 Å². The van der Waals surface area contributed by atoms with Gasteiger partial charge < -0.3 is 9.88 Å². The van der Waals surface area contributed by atoms with E-state index in [1.54, 1.807) is 0 Å². The maximum atomic E-state index is 4.43. The predicted molar refractivity (Wildman–Crippen MR) is 70.8 cm³/mol. The summed E-state index contributed by atoms with van der Waals surface area (Å²) in [6, 6.07) is 0. The molecule has 1 aliphatic carbocycles. The first-order valence-corrected chi connectivity index (χ1v) is 7.10. The number of nitrogens with zero attached hydrogens (tertiary/aromatic N) is 2. The van der Waals surface area contributed by atoms with Gasteiger partial charge in [0.2, 0.25) is 0 Å². The van der Waals surface area contributed by atoms with Gasteiger partial charge in [0.15, 0.2) is 0 Å². The van der Waals surface area contributed by atoms with Crippen LogP contribution in [0.15, 0.2) is 12.5 Å². The third kappa shape index (κ3) is 4.15. The van der Waals surface area contributed by atoms with Crippen LogP contribution in [0.25, 0.3) is 0 Å². The van der Waals surface area contributed by atoms with Crippen molar-refractivity contribution in [2.45, 2.75) is 58.5 Å². The van der Waals surface area contributed by atoms with Crippen molar-refractivity contribution in [3.63, 3.8) is 0 Å². The fourth-order valence-corrected chi connectivity index (χ4v) is 2.64. The molecule has 0 aromatic carbocycles. The molecule has 1 N–H and O–H groups in total. The van der Waals surface area contributed by atoms with Crippen molar-refractivity contribution in [1.29, 1.82) is 0 Å². The van der Waals surface area contributed by atoms with Gasteiger partial charge in [0.1, 0.15) is 0 Å². The summed E-state index contributed by atoms with van der Waals surface area (Å²) in [5, 5.41) is 3.39. The number of hydrogen-bond acceptors (Lipinski definition) is 2. The molecular formula is C14H25N3. The molecule has 1 heterocycles. The normalized spacial score (nSPS) is 16.8. The summed E-state index contributed by atoms with van der Waals surface area (Å²) in [6.45, 7) is 5.32. The van der Waals surface area contributed by atoms with Crippen molar-refractivity contribution >= 4 is 0 Å². The minimum atomic E-state index is 0.907. The molecule has 0 spiro atoms. The number of nitrogens with one attached hydrogen (secondary N) is 1.